The molecule has 1 saturated heterocycles. The molecule has 14 heavy (non-hydrogen) atoms. The van der Waals surface area contributed by atoms with E-state index in [1.165, 1.54) is 0 Å². The van der Waals surface area contributed by atoms with Gasteiger partial charge < -0.3 is 20.3 Å². The lowest BCUT2D eigenvalue weighted by atomic mass is 9.94. The van der Waals surface area contributed by atoms with E-state index >= 15 is 0 Å². The molecule has 3 N–H and O–H groups in total. The smallest absolute Gasteiger partial charge is 0.162 e. The number of hydrogen-bond acceptors (Lipinski definition) is 5. The maximum Gasteiger partial charge on any atom is 0.162 e. The highest BCUT2D eigenvalue weighted by Gasteiger charge is 2.38. The fourth-order valence-electron chi connectivity index (χ4n) is 1.68. The third-order valence-corrected chi connectivity index (χ3v) is 2.53. The molecular weight excluding hydrogens is 184 g/mol. The van der Waals surface area contributed by atoms with Gasteiger partial charge in [0.2, 0.25) is 0 Å². The highest BCUT2D eigenvalue weighted by Crippen LogP contribution is 2.21. The largest absolute Gasteiger partial charge is 0.391 e. The predicted octanol–water partition coefficient (Wildman–Crippen LogP) is -1.00. The molecule has 5 nitrogen and oxygen atoms in total. The minimum absolute atomic E-state index is 0.349. The molecule has 5 heteroatoms. The van der Waals surface area contributed by atoms with Crippen molar-refractivity contribution in [3.8, 4) is 6.07 Å². The van der Waals surface area contributed by atoms with Crippen molar-refractivity contribution < 1.29 is 14.9 Å². The number of likely N-dealkylation sites (N-methyl/N-ethyl adjacent to an activating group) is 1. The number of hydrogen-bond donors (Lipinski definition) is 3. The van der Waals surface area contributed by atoms with Crippen LogP contribution in [-0.4, -0.2) is 47.7 Å². The number of nitriles is 1. The molecule has 0 radical (unpaired) electrons. The number of ether oxygens (including phenoxy) is 1. The Morgan fingerprint density at radius 1 is 1.64 bits per heavy atom. The van der Waals surface area contributed by atoms with E-state index in [1.807, 2.05) is 6.07 Å². The molecule has 0 bridgehead atoms. The Kier molecular flexibility index (Phi) is 3.84. The molecule has 0 spiro atoms. The first kappa shape index (κ1) is 11.4. The van der Waals surface area contributed by atoms with Crippen LogP contribution < -0.4 is 5.32 Å². The number of aliphatic hydroxyl groups excluding tert-OH is 2. The minimum atomic E-state index is -0.705. The summed E-state index contributed by atoms with van der Waals surface area (Å²) in [5.41, 5.74) is 0. The summed E-state index contributed by atoms with van der Waals surface area (Å²) >= 11 is 0. The van der Waals surface area contributed by atoms with E-state index in [9.17, 15) is 10.2 Å². The van der Waals surface area contributed by atoms with Gasteiger partial charge in [-0.2, -0.15) is 5.26 Å². The third-order valence-electron chi connectivity index (χ3n) is 2.53. The van der Waals surface area contributed by atoms with Crippen molar-refractivity contribution in [2.75, 3.05) is 7.05 Å². The van der Waals surface area contributed by atoms with Crippen molar-refractivity contribution in [2.45, 2.75) is 43.8 Å². The average molecular weight is 200 g/mol. The van der Waals surface area contributed by atoms with Gasteiger partial charge in [-0.3, -0.25) is 0 Å². The molecule has 0 saturated carbocycles. The first-order valence-electron chi connectivity index (χ1n) is 4.68. The number of aliphatic hydroxyl groups is 2. The second kappa shape index (κ2) is 4.71. The second-order valence-electron chi connectivity index (χ2n) is 3.58. The van der Waals surface area contributed by atoms with Gasteiger partial charge in [0.05, 0.1) is 30.4 Å². The van der Waals surface area contributed by atoms with Gasteiger partial charge in [0, 0.05) is 6.42 Å². The van der Waals surface area contributed by atoms with E-state index in [-0.39, 0.29) is 6.04 Å². The molecule has 1 heterocycles. The lowest BCUT2D eigenvalue weighted by molar-refractivity contribution is -0.130. The predicted molar refractivity (Wildman–Crippen MR) is 49.4 cm³/mol. The molecule has 5 atom stereocenters. The molecule has 0 amide bonds. The van der Waals surface area contributed by atoms with Crippen LogP contribution in [0.1, 0.15) is 13.3 Å². The van der Waals surface area contributed by atoms with Crippen molar-refractivity contribution >= 4 is 0 Å². The SMILES string of the molecule is CNC1C(C#N)OC(C(C)O)C[C@@H]1O. The second-order valence-corrected chi connectivity index (χ2v) is 3.58. The average Bonchev–Trinajstić information content (AvgIpc) is 2.16. The highest BCUT2D eigenvalue weighted by molar-refractivity contribution is 5.01. The number of nitrogens with one attached hydrogen (secondary N) is 1. The summed E-state index contributed by atoms with van der Waals surface area (Å²) in [4.78, 5) is 0. The normalized spacial score (nSPS) is 40.2. The van der Waals surface area contributed by atoms with Crippen LogP contribution in [-0.2, 0) is 4.74 Å². The molecule has 0 aromatic heterocycles. The Morgan fingerprint density at radius 3 is 2.71 bits per heavy atom. The summed E-state index contributed by atoms with van der Waals surface area (Å²) in [7, 11) is 1.67. The summed E-state index contributed by atoms with van der Waals surface area (Å²) in [6, 6.07) is 1.58. The summed E-state index contributed by atoms with van der Waals surface area (Å²) < 4.78 is 5.34. The maximum absolute atomic E-state index is 9.69. The first-order chi connectivity index (χ1) is 6.60. The summed E-state index contributed by atoms with van der Waals surface area (Å²) in [6.07, 6.45) is -2.14. The number of nitrogens with zero attached hydrogens (tertiary/aromatic N) is 1. The quantitative estimate of drug-likeness (QED) is 0.532. The molecule has 4 unspecified atom stereocenters. The fourth-order valence-corrected chi connectivity index (χ4v) is 1.68. The molecule has 0 aliphatic carbocycles. The molecular formula is C9H16N2O3. The van der Waals surface area contributed by atoms with Crippen LogP contribution in [0.3, 0.4) is 0 Å². The molecule has 1 fully saturated rings. The van der Waals surface area contributed by atoms with Gasteiger partial charge >= 0.3 is 0 Å². The van der Waals surface area contributed by atoms with E-state index in [1.54, 1.807) is 14.0 Å². The standard InChI is InChI=1S/C9H16N2O3/c1-5(12)7-3-6(13)9(11-2)8(4-10)14-7/h5-9,11-13H,3H2,1-2H3/t5?,6-,7?,8?,9?/m0/s1. The van der Waals surface area contributed by atoms with Gasteiger partial charge in [-0.25, -0.2) is 0 Å². The van der Waals surface area contributed by atoms with Gasteiger partial charge in [0.25, 0.3) is 0 Å². The van der Waals surface area contributed by atoms with E-state index in [4.69, 9.17) is 10.00 Å². The molecule has 0 aromatic carbocycles. The summed E-state index contributed by atoms with van der Waals surface area (Å²) in [5, 5.41) is 30.6. The zero-order chi connectivity index (χ0) is 10.7. The fraction of sp³-hybridized carbons (Fsp3) is 0.889. The zero-order valence-corrected chi connectivity index (χ0v) is 8.34. The Morgan fingerprint density at radius 2 is 2.29 bits per heavy atom. The highest BCUT2D eigenvalue weighted by atomic mass is 16.5. The van der Waals surface area contributed by atoms with E-state index in [2.05, 4.69) is 5.32 Å². The van der Waals surface area contributed by atoms with Gasteiger partial charge in [0.15, 0.2) is 6.10 Å². The monoisotopic (exact) mass is 200 g/mol. The van der Waals surface area contributed by atoms with Crippen LogP contribution >= 0.6 is 0 Å². The number of rotatable bonds is 2. The Hall–Kier alpha value is -0.670. The first-order valence-corrected chi connectivity index (χ1v) is 4.68. The van der Waals surface area contributed by atoms with E-state index in [0.29, 0.717) is 6.42 Å². The van der Waals surface area contributed by atoms with Gasteiger partial charge in [0.1, 0.15) is 0 Å². The molecule has 0 aromatic rings. The minimum Gasteiger partial charge on any atom is -0.391 e. The van der Waals surface area contributed by atoms with Crippen LogP contribution in [0.4, 0.5) is 0 Å². The zero-order valence-electron chi connectivity index (χ0n) is 8.34. The summed E-state index contributed by atoms with van der Waals surface area (Å²) in [5.74, 6) is 0. The van der Waals surface area contributed by atoms with Crippen LogP contribution in [0.25, 0.3) is 0 Å². The van der Waals surface area contributed by atoms with E-state index in [0.717, 1.165) is 0 Å². The van der Waals surface area contributed by atoms with Gasteiger partial charge in [-0.1, -0.05) is 0 Å². The van der Waals surface area contributed by atoms with Crippen molar-refractivity contribution in [3.05, 3.63) is 0 Å². The van der Waals surface area contributed by atoms with Crippen molar-refractivity contribution in [1.82, 2.24) is 5.32 Å². The van der Waals surface area contributed by atoms with Gasteiger partial charge in [-0.15, -0.1) is 0 Å². The topological polar surface area (TPSA) is 85.5 Å². The van der Waals surface area contributed by atoms with E-state index < -0.39 is 24.4 Å². The lowest BCUT2D eigenvalue weighted by Gasteiger charge is -2.37. The van der Waals surface area contributed by atoms with Crippen molar-refractivity contribution in [2.24, 2.45) is 0 Å². The Bertz CT molecular complexity index is 227. The molecule has 1 aliphatic rings. The Balaban J connectivity index is 2.68. The van der Waals surface area contributed by atoms with Gasteiger partial charge in [-0.05, 0) is 14.0 Å². The van der Waals surface area contributed by atoms with Crippen LogP contribution in [0.5, 0.6) is 0 Å². The maximum atomic E-state index is 9.69. The van der Waals surface area contributed by atoms with Crippen LogP contribution in [0.15, 0.2) is 0 Å². The Labute approximate surface area is 83.3 Å². The lowest BCUT2D eigenvalue weighted by Crippen LogP contribution is -2.55. The summed E-state index contributed by atoms with van der Waals surface area (Å²) in [6.45, 7) is 1.59. The molecule has 1 aliphatic heterocycles. The van der Waals surface area contributed by atoms with Crippen LogP contribution in [0.2, 0.25) is 0 Å². The molecule has 80 valence electrons. The molecule has 1 rings (SSSR count). The van der Waals surface area contributed by atoms with Crippen molar-refractivity contribution in [1.29, 1.82) is 5.26 Å². The third kappa shape index (κ3) is 2.22. The van der Waals surface area contributed by atoms with Crippen molar-refractivity contribution in [3.63, 3.8) is 0 Å². The van der Waals surface area contributed by atoms with Crippen LogP contribution in [0, 0.1) is 11.3 Å².